The molecule has 0 spiro atoms. The molecule has 0 amide bonds. The van der Waals surface area contributed by atoms with Gasteiger partial charge in [0.15, 0.2) is 0 Å². The van der Waals surface area contributed by atoms with Crippen LogP contribution in [0, 0.1) is 34.6 Å². The molecule has 1 aromatic heterocycles. The molecule has 9 nitrogen and oxygen atoms in total. The van der Waals surface area contributed by atoms with Gasteiger partial charge in [-0.1, -0.05) is 121 Å². The van der Waals surface area contributed by atoms with Gasteiger partial charge in [-0.2, -0.15) is 0 Å². The molecule has 1 unspecified atom stereocenters. The third-order valence-corrected chi connectivity index (χ3v) is 15.5. The summed E-state index contributed by atoms with van der Waals surface area (Å²) in [5.74, 6) is 4.38. The number of rotatable bonds is 28. The highest BCUT2D eigenvalue weighted by atomic mass is 31.2. The van der Waals surface area contributed by atoms with Crippen molar-refractivity contribution in [2.75, 3.05) is 21.3 Å². The topological polar surface area (TPSA) is 90.9 Å². The number of hydrogen-bond acceptors (Lipinski definition) is 9. The summed E-state index contributed by atoms with van der Waals surface area (Å²) in [7, 11) is 0.839. The van der Waals surface area contributed by atoms with Crippen LogP contribution in [0.2, 0.25) is 0 Å². The molecule has 1 atom stereocenters. The van der Waals surface area contributed by atoms with E-state index < -0.39 is 16.8 Å². The molecule has 390 valence electrons. The summed E-state index contributed by atoms with van der Waals surface area (Å²) in [6.07, 6.45) is 20.0. The van der Waals surface area contributed by atoms with Crippen LogP contribution in [0.15, 0.2) is 105 Å². The van der Waals surface area contributed by atoms with Gasteiger partial charge in [-0.05, 0) is 166 Å². The first kappa shape index (κ1) is 55.0. The first-order valence-electron chi connectivity index (χ1n) is 26.5. The van der Waals surface area contributed by atoms with Crippen LogP contribution in [0.3, 0.4) is 0 Å². The maximum atomic E-state index is 7.07. The molecule has 73 heavy (non-hydrogen) atoms. The number of benzene rings is 6. The van der Waals surface area contributed by atoms with Crippen molar-refractivity contribution in [2.45, 2.75) is 151 Å². The van der Waals surface area contributed by atoms with Gasteiger partial charge in [0.2, 0.25) is 0 Å². The van der Waals surface area contributed by atoms with Crippen LogP contribution in [0.4, 0.5) is 0 Å². The Kier molecular flexibility index (Phi) is 20.7. The zero-order valence-corrected chi connectivity index (χ0v) is 46.9. The van der Waals surface area contributed by atoms with Crippen molar-refractivity contribution in [3.05, 3.63) is 136 Å². The zero-order chi connectivity index (χ0) is 51.7. The first-order valence-corrected chi connectivity index (χ1v) is 28.7. The molecule has 7 aromatic rings. The second kappa shape index (κ2) is 27.5. The third kappa shape index (κ3) is 15.2. The minimum atomic E-state index is -2.08. The molecule has 0 aliphatic carbocycles. The van der Waals surface area contributed by atoms with E-state index in [1.807, 2.05) is 88.4 Å². The minimum Gasteiger partial charge on any atom is -0.497 e. The molecule has 0 fully saturated rings. The van der Waals surface area contributed by atoms with Gasteiger partial charge < -0.3 is 40.7 Å². The molecule has 0 radical (unpaired) electrons. The largest absolute Gasteiger partial charge is 0.530 e. The zero-order valence-electron chi connectivity index (χ0n) is 45.1. The molecule has 0 N–H and O–H groups in total. The van der Waals surface area contributed by atoms with E-state index in [0.717, 1.165) is 57.2 Å². The lowest BCUT2D eigenvalue weighted by atomic mass is 9.98. The summed E-state index contributed by atoms with van der Waals surface area (Å²) in [4.78, 5) is 0. The third-order valence-electron chi connectivity index (χ3n) is 13.5. The number of aryl methyl sites for hydroxylation is 7. The van der Waals surface area contributed by atoms with E-state index in [2.05, 4.69) is 57.2 Å². The summed E-state index contributed by atoms with van der Waals surface area (Å²) in [5.41, 5.74) is 9.86. The molecule has 0 aliphatic rings. The van der Waals surface area contributed by atoms with Crippen LogP contribution in [0.5, 0.6) is 40.2 Å². The second-order valence-corrected chi connectivity index (χ2v) is 21.4. The van der Waals surface area contributed by atoms with Gasteiger partial charge in [0.1, 0.15) is 51.4 Å². The van der Waals surface area contributed by atoms with Crippen LogP contribution in [-0.2, 0) is 12.8 Å². The number of ether oxygens (including phenoxy) is 3. The van der Waals surface area contributed by atoms with E-state index in [9.17, 15) is 0 Å². The molecular formula is C62H78O9P2. The summed E-state index contributed by atoms with van der Waals surface area (Å²) in [6.45, 7) is 14.7. The van der Waals surface area contributed by atoms with Crippen LogP contribution in [0.25, 0.3) is 33.1 Å². The molecule has 0 bridgehead atoms. The lowest BCUT2D eigenvalue weighted by molar-refractivity contribution is 0.385. The highest BCUT2D eigenvalue weighted by molar-refractivity contribution is 7.43. The molecule has 1 heterocycles. The lowest BCUT2D eigenvalue weighted by Crippen LogP contribution is -2.05. The Morgan fingerprint density at radius 2 is 0.822 bits per heavy atom. The summed E-state index contributed by atoms with van der Waals surface area (Å²) >= 11 is 0. The minimum absolute atomic E-state index is 0.532. The Morgan fingerprint density at radius 1 is 0.411 bits per heavy atom. The van der Waals surface area contributed by atoms with Gasteiger partial charge in [-0.25, -0.2) is 0 Å². The number of methoxy groups -OCH3 is 3. The summed E-state index contributed by atoms with van der Waals surface area (Å²) in [5, 5.41) is 1.78. The van der Waals surface area contributed by atoms with Gasteiger partial charge in [0.25, 0.3) is 0 Å². The Bertz CT molecular complexity index is 2850. The molecule has 6 aromatic carbocycles. The first-order chi connectivity index (χ1) is 35.5. The van der Waals surface area contributed by atoms with Gasteiger partial charge in [-0.3, -0.25) is 0 Å². The molecule has 7 rings (SSSR count). The van der Waals surface area contributed by atoms with Crippen molar-refractivity contribution >= 4 is 38.8 Å². The standard InChI is InChI=1S/C62H78O9P2/c1-11-13-15-17-19-21-23-25-48-27-31-50(32-28-48)66-72(67-51-33-29-49(30-34-51)26-24-22-20-18-16-14-12-2)68-61-46(6)38-53(64-9)41-57(61)58-42-54(65-10)39-47(7)62(58)71-73-69-59-44(4)35-43(3)36-55(59)56-40-52(63-8)37-45(5)60(56)70-73/h27-42H,11-26H2,1-10H3. The Balaban J connectivity index is 1.25. The van der Waals surface area contributed by atoms with Gasteiger partial charge in [0, 0.05) is 21.9 Å². The van der Waals surface area contributed by atoms with E-state index in [4.69, 9.17) is 40.7 Å². The van der Waals surface area contributed by atoms with E-state index in [-0.39, 0.29) is 0 Å². The van der Waals surface area contributed by atoms with E-state index >= 15 is 0 Å². The van der Waals surface area contributed by atoms with Crippen molar-refractivity contribution in [3.63, 3.8) is 0 Å². The monoisotopic (exact) mass is 1030 g/mol. The fraction of sp³-hybridized carbons (Fsp3) is 0.419. The normalized spacial score (nSPS) is 11.6. The van der Waals surface area contributed by atoms with Crippen LogP contribution >= 0.6 is 16.8 Å². The van der Waals surface area contributed by atoms with Crippen molar-refractivity contribution in [1.82, 2.24) is 0 Å². The van der Waals surface area contributed by atoms with Crippen LogP contribution < -0.4 is 32.3 Å². The van der Waals surface area contributed by atoms with Gasteiger partial charge in [-0.15, -0.1) is 0 Å². The number of hydrogen-bond donors (Lipinski definition) is 0. The van der Waals surface area contributed by atoms with E-state index in [0.29, 0.717) is 56.8 Å². The molecule has 0 aliphatic heterocycles. The SMILES string of the molecule is CCCCCCCCCc1ccc(OP(Oc2ccc(CCCCCCCCC)cc2)Oc2c(C)cc(OC)cc2-c2cc(OC)cc(C)c2Op2oc3c(C)cc(C)cc3c3cc(OC)cc(C)c3o2)cc1. The van der Waals surface area contributed by atoms with Crippen molar-refractivity contribution in [2.24, 2.45) is 0 Å². The summed E-state index contributed by atoms with van der Waals surface area (Å²) in [6, 6.07) is 32.7. The van der Waals surface area contributed by atoms with Crippen molar-refractivity contribution < 1.29 is 40.7 Å². The molecule has 11 heteroatoms. The van der Waals surface area contributed by atoms with E-state index in [1.165, 1.54) is 101 Å². The molecule has 0 saturated carbocycles. The van der Waals surface area contributed by atoms with Crippen LogP contribution in [-0.4, -0.2) is 21.3 Å². The average molecular weight is 1030 g/mol. The second-order valence-electron chi connectivity index (χ2n) is 19.4. The van der Waals surface area contributed by atoms with E-state index in [1.54, 1.807) is 21.3 Å². The van der Waals surface area contributed by atoms with Crippen molar-refractivity contribution in [1.29, 1.82) is 0 Å². The van der Waals surface area contributed by atoms with Crippen LogP contribution in [0.1, 0.15) is 143 Å². The lowest BCUT2D eigenvalue weighted by Gasteiger charge is -2.23. The van der Waals surface area contributed by atoms with Gasteiger partial charge >= 0.3 is 16.8 Å². The quantitative estimate of drug-likeness (QED) is 0.0351. The number of unbranched alkanes of at least 4 members (excludes halogenated alkanes) is 12. The molecule has 0 saturated heterocycles. The average Bonchev–Trinajstić information content (AvgIpc) is 3.54. The fourth-order valence-corrected chi connectivity index (χ4v) is 11.8. The maximum Gasteiger partial charge on any atom is 0.530 e. The predicted octanol–water partition coefficient (Wildman–Crippen LogP) is 19.7. The number of fused-ring (bicyclic) bond motifs is 3. The summed E-state index contributed by atoms with van der Waals surface area (Å²) < 4.78 is 58.8. The Morgan fingerprint density at radius 3 is 1.32 bits per heavy atom. The van der Waals surface area contributed by atoms with Crippen molar-refractivity contribution in [3.8, 4) is 51.4 Å². The predicted molar refractivity (Wildman–Crippen MR) is 303 cm³/mol. The Labute approximate surface area is 437 Å². The van der Waals surface area contributed by atoms with Gasteiger partial charge in [0.05, 0.1) is 21.3 Å². The highest BCUT2D eigenvalue weighted by Gasteiger charge is 2.27. The smallest absolute Gasteiger partial charge is 0.497 e. The Hall–Kier alpha value is -5.75. The maximum absolute atomic E-state index is 7.07. The molecular weight excluding hydrogens is 951 g/mol. The highest BCUT2D eigenvalue weighted by Crippen LogP contribution is 2.52. The fourth-order valence-electron chi connectivity index (χ4n) is 9.40.